The molecule has 3 N–H and O–H groups in total. The van der Waals surface area contributed by atoms with Gasteiger partial charge in [0.05, 0.1) is 0 Å². The number of hydrogen-bond acceptors (Lipinski definition) is 9. The molecule has 0 heterocycles. The van der Waals surface area contributed by atoms with Gasteiger partial charge in [0.15, 0.2) is 0 Å². The van der Waals surface area contributed by atoms with Crippen molar-refractivity contribution in [3.63, 3.8) is 0 Å². The van der Waals surface area contributed by atoms with Crippen LogP contribution in [0, 0.1) is 0 Å². The summed E-state index contributed by atoms with van der Waals surface area (Å²) in [5, 5.41) is 33.4. The van der Waals surface area contributed by atoms with Gasteiger partial charge in [-0.1, -0.05) is 288 Å². The second-order valence-corrected chi connectivity index (χ2v) is 23.2. The Bertz CT molecular complexity index is 1330. The molecular weight excluding hydrogens is 973 g/mol. The summed E-state index contributed by atoms with van der Waals surface area (Å²) in [7, 11) is 0. The van der Waals surface area contributed by atoms with Crippen LogP contribution in [-0.4, -0.2) is 51.6 Å². The minimum Gasteiger partial charge on any atom is -0.420 e. The van der Waals surface area contributed by atoms with E-state index in [0.717, 1.165) is 96.3 Å². The first kappa shape index (κ1) is 75.5. The molecule has 458 valence electrons. The van der Waals surface area contributed by atoms with E-state index >= 15 is 0 Å². The quantitative estimate of drug-likeness (QED) is 0.0235. The maximum atomic E-state index is 13.2. The lowest BCUT2D eigenvalue weighted by molar-refractivity contribution is -0.448. The van der Waals surface area contributed by atoms with Gasteiger partial charge in [0, 0.05) is 19.3 Å². The number of rotatable bonds is 62. The molecule has 9 heteroatoms. The molecule has 0 saturated heterocycles. The van der Waals surface area contributed by atoms with Crippen LogP contribution in [0.2, 0.25) is 0 Å². The summed E-state index contributed by atoms with van der Waals surface area (Å²) < 4.78 is 15.8. The highest BCUT2D eigenvalue weighted by atomic mass is 16.9. The monoisotopic (exact) mass is 1100 g/mol. The minimum atomic E-state index is -3.41. The molecule has 0 aromatic carbocycles. The van der Waals surface area contributed by atoms with Crippen molar-refractivity contribution in [3.8, 4) is 0 Å². The molecule has 0 radical (unpaired) electrons. The van der Waals surface area contributed by atoms with Crippen molar-refractivity contribution in [2.45, 2.75) is 379 Å². The van der Waals surface area contributed by atoms with Crippen LogP contribution in [0.1, 0.15) is 367 Å². The first-order chi connectivity index (χ1) is 38.2. The van der Waals surface area contributed by atoms with Gasteiger partial charge in [-0.25, -0.2) is 0 Å². The average Bonchev–Trinajstić information content (AvgIpc) is 3.48. The molecule has 0 amide bonds. The number of carbonyl (C=O) groups excluding carboxylic acids is 3. The summed E-state index contributed by atoms with van der Waals surface area (Å²) >= 11 is 0. The lowest BCUT2D eigenvalue weighted by atomic mass is 10.1. The largest absolute Gasteiger partial charge is 0.446 e. The molecule has 0 aliphatic heterocycles. The highest BCUT2D eigenvalue weighted by molar-refractivity contribution is 5.73. The van der Waals surface area contributed by atoms with E-state index < -0.39 is 36.3 Å². The molecule has 78 heavy (non-hydrogen) atoms. The number of aliphatic hydroxyl groups excluding tert-OH is 1. The molecule has 0 spiro atoms. The third kappa shape index (κ3) is 50.5. The molecule has 0 aromatic heterocycles. The van der Waals surface area contributed by atoms with Gasteiger partial charge in [-0.15, -0.1) is 0 Å². The van der Waals surface area contributed by atoms with Gasteiger partial charge in [0.1, 0.15) is 6.61 Å². The third-order valence-electron chi connectivity index (χ3n) is 15.4. The number of esters is 3. The van der Waals surface area contributed by atoms with E-state index in [0.29, 0.717) is 19.3 Å². The lowest BCUT2D eigenvalue weighted by Gasteiger charge is -2.38. The zero-order valence-corrected chi connectivity index (χ0v) is 51.6. The number of unbranched alkanes of at least 4 members (excludes halogenated alkanes) is 45. The Morgan fingerprint density at radius 2 is 0.462 bits per heavy atom. The number of ether oxygens (including phenoxy) is 3. The molecule has 0 aliphatic carbocycles. The van der Waals surface area contributed by atoms with E-state index in [2.05, 4.69) is 57.2 Å². The lowest BCUT2D eigenvalue weighted by Crippen LogP contribution is -2.63. The Morgan fingerprint density at radius 3 is 0.667 bits per heavy atom. The topological polar surface area (TPSA) is 140 Å². The summed E-state index contributed by atoms with van der Waals surface area (Å²) in [5.41, 5.74) is 0. The number of carbonyl (C=O) groups is 3. The van der Waals surface area contributed by atoms with Gasteiger partial charge in [-0.3, -0.25) is 14.4 Å². The second-order valence-electron chi connectivity index (χ2n) is 23.2. The van der Waals surface area contributed by atoms with Crippen molar-refractivity contribution in [2.75, 3.05) is 6.61 Å². The Balaban J connectivity index is 4.77. The maximum absolute atomic E-state index is 13.2. The van der Waals surface area contributed by atoms with Crippen LogP contribution >= 0.6 is 0 Å². The van der Waals surface area contributed by atoms with Crippen molar-refractivity contribution in [1.29, 1.82) is 0 Å². The zero-order chi connectivity index (χ0) is 57.0. The Kier molecular flexibility index (Phi) is 57.3. The predicted octanol–water partition coefficient (Wildman–Crippen LogP) is 20.7. The van der Waals surface area contributed by atoms with Crippen LogP contribution in [0.5, 0.6) is 0 Å². The van der Waals surface area contributed by atoms with Gasteiger partial charge < -0.3 is 29.5 Å². The Morgan fingerprint density at radius 1 is 0.282 bits per heavy atom. The van der Waals surface area contributed by atoms with Crippen LogP contribution in [-0.2, 0) is 28.6 Å². The SMILES string of the molecule is CCCCCCCC/C=C\CCCCCCCCCCCC(=O)OC(O)(CO)C(O)(OC(=O)CCCCCCCCCCC/C=C\CCCCCCCC)OC(=O)CCCCCCCCCCC/C=C\CCCCCCCC. The summed E-state index contributed by atoms with van der Waals surface area (Å²) in [6, 6.07) is 0. The maximum Gasteiger partial charge on any atom is 0.446 e. The highest BCUT2D eigenvalue weighted by Gasteiger charge is 2.61. The van der Waals surface area contributed by atoms with Gasteiger partial charge in [-0.2, -0.15) is 0 Å². The van der Waals surface area contributed by atoms with Crippen LogP contribution in [0.25, 0.3) is 0 Å². The predicted molar refractivity (Wildman–Crippen MR) is 329 cm³/mol. The van der Waals surface area contributed by atoms with E-state index in [1.807, 2.05) is 0 Å². The normalized spacial score (nSPS) is 12.8. The smallest absolute Gasteiger partial charge is 0.420 e. The molecule has 0 aromatic rings. The van der Waals surface area contributed by atoms with E-state index in [1.165, 1.54) is 212 Å². The molecule has 9 nitrogen and oxygen atoms in total. The summed E-state index contributed by atoms with van der Waals surface area (Å²) in [6.07, 6.45) is 73.0. The summed E-state index contributed by atoms with van der Waals surface area (Å²) in [5.74, 6) is -9.37. The van der Waals surface area contributed by atoms with Crippen molar-refractivity contribution < 1.29 is 43.9 Å². The molecular formula is C69H128O9. The Labute approximate surface area is 482 Å². The second kappa shape index (κ2) is 59.1. The molecule has 0 aliphatic rings. The number of allylic oxidation sites excluding steroid dienone is 6. The van der Waals surface area contributed by atoms with Gasteiger partial charge >= 0.3 is 29.7 Å². The first-order valence-corrected chi connectivity index (χ1v) is 33.8. The first-order valence-electron chi connectivity index (χ1n) is 33.8. The molecule has 0 bridgehead atoms. The van der Waals surface area contributed by atoms with Gasteiger partial charge in [0.2, 0.25) is 0 Å². The van der Waals surface area contributed by atoms with Crippen molar-refractivity contribution in [1.82, 2.24) is 0 Å². The van der Waals surface area contributed by atoms with Gasteiger partial charge in [-0.05, 0) is 96.3 Å². The minimum absolute atomic E-state index is 0.0833. The van der Waals surface area contributed by atoms with Crippen LogP contribution < -0.4 is 0 Å². The molecule has 0 saturated carbocycles. The molecule has 0 rings (SSSR count). The molecule has 1 atom stereocenters. The molecule has 0 fully saturated rings. The van der Waals surface area contributed by atoms with Crippen molar-refractivity contribution in [2.24, 2.45) is 0 Å². The Hall–Kier alpha value is -2.49. The number of aliphatic hydroxyl groups is 3. The van der Waals surface area contributed by atoms with Crippen molar-refractivity contribution >= 4 is 17.9 Å². The fourth-order valence-corrected chi connectivity index (χ4v) is 10.2. The molecule has 1 unspecified atom stereocenters. The summed E-state index contributed by atoms with van der Waals surface area (Å²) in [6.45, 7) is 5.43. The van der Waals surface area contributed by atoms with E-state index in [-0.39, 0.29) is 19.3 Å². The van der Waals surface area contributed by atoms with E-state index in [1.54, 1.807) is 0 Å². The third-order valence-corrected chi connectivity index (χ3v) is 15.4. The summed E-state index contributed by atoms with van der Waals surface area (Å²) in [4.78, 5) is 39.4. The van der Waals surface area contributed by atoms with E-state index in [4.69, 9.17) is 14.2 Å². The number of hydrogen-bond donors (Lipinski definition) is 3. The van der Waals surface area contributed by atoms with Crippen LogP contribution in [0.3, 0.4) is 0 Å². The van der Waals surface area contributed by atoms with Crippen LogP contribution in [0.4, 0.5) is 0 Å². The fraction of sp³-hybridized carbons (Fsp3) is 0.870. The zero-order valence-electron chi connectivity index (χ0n) is 51.6. The standard InChI is InChI=1S/C69H128O9/c1-4-7-10-13-16-19-22-25-28-31-34-37-40-43-46-49-52-55-58-61-65(71)76-68(74,64-70)69(75,77-66(72)62-59-56-53-50-47-44-41-38-35-32-29-26-23-20-17-14-11-8-5-2)78-67(73)63-60-57-54-51-48-45-42-39-36-33-30-27-24-21-18-15-12-9-6-3/h25-30,70,74-75H,4-24,31-64H2,1-3H3/b28-25-,29-26-,30-27-. The average molecular weight is 1100 g/mol. The van der Waals surface area contributed by atoms with Crippen molar-refractivity contribution in [3.05, 3.63) is 36.5 Å². The van der Waals surface area contributed by atoms with E-state index in [9.17, 15) is 29.7 Å². The fourth-order valence-electron chi connectivity index (χ4n) is 10.2. The highest BCUT2D eigenvalue weighted by Crippen LogP contribution is 2.30. The van der Waals surface area contributed by atoms with Crippen LogP contribution in [0.15, 0.2) is 36.5 Å². The van der Waals surface area contributed by atoms with Gasteiger partial charge in [0.25, 0.3) is 0 Å².